The van der Waals surface area contributed by atoms with Crippen LogP contribution in [0.4, 0.5) is 0 Å². The molecule has 2 rings (SSSR count). The second-order valence-electron chi connectivity index (χ2n) is 9.09. The zero-order valence-corrected chi connectivity index (χ0v) is 18.3. The van der Waals surface area contributed by atoms with E-state index in [0.29, 0.717) is 24.2 Å². The first-order chi connectivity index (χ1) is 13.7. The number of hydrogen-bond donors (Lipinski definition) is 1. The van der Waals surface area contributed by atoms with Gasteiger partial charge in [-0.1, -0.05) is 58.8 Å². The molecule has 7 atom stereocenters. The fourth-order valence-corrected chi connectivity index (χ4v) is 4.71. The summed E-state index contributed by atoms with van der Waals surface area (Å²) in [7, 11) is 0. The summed E-state index contributed by atoms with van der Waals surface area (Å²) < 4.78 is 6.02. The van der Waals surface area contributed by atoms with Crippen LogP contribution in [0.15, 0.2) is 23.8 Å². The number of carboxylic acids is 1. The number of carbonyl (C=O) groups is 2. The van der Waals surface area contributed by atoms with Gasteiger partial charge < -0.3 is 19.7 Å². The molecule has 0 saturated carbocycles. The lowest BCUT2D eigenvalue weighted by atomic mass is 9.65. The van der Waals surface area contributed by atoms with Gasteiger partial charge in [0.1, 0.15) is 6.10 Å². The van der Waals surface area contributed by atoms with E-state index in [1.807, 2.05) is 13.8 Å². The van der Waals surface area contributed by atoms with Crippen LogP contribution in [0.1, 0.15) is 72.6 Å². The minimum atomic E-state index is -1.21. The Bertz CT molecular complexity index is 623. The van der Waals surface area contributed by atoms with E-state index in [2.05, 4.69) is 32.1 Å². The molecule has 0 fully saturated rings. The quantitative estimate of drug-likeness (QED) is 0.445. The van der Waals surface area contributed by atoms with Crippen molar-refractivity contribution in [2.75, 3.05) is 0 Å². The van der Waals surface area contributed by atoms with Crippen LogP contribution in [0.3, 0.4) is 0 Å². The van der Waals surface area contributed by atoms with E-state index in [1.165, 1.54) is 5.57 Å². The molecule has 0 saturated heterocycles. The normalized spacial score (nSPS) is 30.8. The Morgan fingerprint density at radius 1 is 1.31 bits per heavy atom. The van der Waals surface area contributed by atoms with E-state index in [1.54, 1.807) is 0 Å². The largest absolute Gasteiger partial charge is 0.550 e. The molecule has 29 heavy (non-hydrogen) atoms. The third kappa shape index (κ3) is 6.70. The molecular weight excluding hydrogens is 368 g/mol. The predicted molar refractivity (Wildman–Crippen MR) is 111 cm³/mol. The summed E-state index contributed by atoms with van der Waals surface area (Å²) in [6.45, 7) is 8.31. The Hall–Kier alpha value is -1.62. The Morgan fingerprint density at radius 2 is 2.03 bits per heavy atom. The number of ether oxygens (including phenoxy) is 1. The molecule has 0 bridgehead atoms. The van der Waals surface area contributed by atoms with Gasteiger partial charge in [-0.3, -0.25) is 4.79 Å². The Labute approximate surface area is 175 Å². The van der Waals surface area contributed by atoms with Crippen molar-refractivity contribution in [2.24, 2.45) is 29.6 Å². The summed E-state index contributed by atoms with van der Waals surface area (Å²) in [6, 6.07) is 0. The molecule has 2 aliphatic rings. The average molecular weight is 406 g/mol. The van der Waals surface area contributed by atoms with Crippen LogP contribution in [-0.2, 0) is 14.3 Å². The van der Waals surface area contributed by atoms with Gasteiger partial charge in [-0.25, -0.2) is 0 Å². The zero-order chi connectivity index (χ0) is 21.6. The van der Waals surface area contributed by atoms with Gasteiger partial charge in [0.05, 0.1) is 12.0 Å². The molecule has 2 aliphatic carbocycles. The zero-order valence-electron chi connectivity index (χ0n) is 18.3. The Balaban J connectivity index is 2.04. The van der Waals surface area contributed by atoms with Gasteiger partial charge in [-0.05, 0) is 49.0 Å². The number of aliphatic hydroxyl groups excluding tert-OH is 1. The van der Waals surface area contributed by atoms with Crippen molar-refractivity contribution in [3.63, 3.8) is 0 Å². The number of aliphatic carboxylic acids is 1. The summed E-state index contributed by atoms with van der Waals surface area (Å²) in [4.78, 5) is 23.1. The van der Waals surface area contributed by atoms with Crippen molar-refractivity contribution < 1.29 is 24.5 Å². The van der Waals surface area contributed by atoms with Crippen LogP contribution < -0.4 is 5.11 Å². The molecule has 0 heterocycles. The van der Waals surface area contributed by atoms with Gasteiger partial charge in [0, 0.05) is 18.3 Å². The van der Waals surface area contributed by atoms with E-state index in [9.17, 15) is 19.8 Å². The van der Waals surface area contributed by atoms with Gasteiger partial charge in [-0.15, -0.1) is 0 Å². The molecule has 0 unspecified atom stereocenters. The van der Waals surface area contributed by atoms with Crippen LogP contribution in [-0.4, -0.2) is 29.3 Å². The molecule has 0 radical (unpaired) electrons. The maximum Gasteiger partial charge on any atom is 0.308 e. The fraction of sp³-hybridized carbons (Fsp3) is 0.750. The molecule has 1 N–H and O–H groups in total. The van der Waals surface area contributed by atoms with Gasteiger partial charge in [-0.2, -0.15) is 0 Å². The van der Waals surface area contributed by atoms with E-state index in [0.717, 1.165) is 32.1 Å². The highest BCUT2D eigenvalue weighted by atomic mass is 16.5. The number of carboxylic acid groups (broad SMARTS) is 1. The fourth-order valence-electron chi connectivity index (χ4n) is 4.71. The topological polar surface area (TPSA) is 86.7 Å². The molecule has 164 valence electrons. The lowest BCUT2D eigenvalue weighted by molar-refractivity contribution is -0.307. The van der Waals surface area contributed by atoms with E-state index in [-0.39, 0.29) is 30.3 Å². The van der Waals surface area contributed by atoms with Crippen LogP contribution in [0.2, 0.25) is 0 Å². The number of aliphatic hydroxyl groups is 1. The summed E-state index contributed by atoms with van der Waals surface area (Å²) in [5.74, 6) is -0.0186. The average Bonchev–Trinajstić information content (AvgIpc) is 2.65. The molecule has 0 aromatic rings. The summed E-state index contributed by atoms with van der Waals surface area (Å²) >= 11 is 0. The lowest BCUT2D eigenvalue weighted by Gasteiger charge is -2.43. The molecule has 5 nitrogen and oxygen atoms in total. The SMILES string of the molecule is CC[C@H](C)C(=O)O[C@H]1C[C@@H](C)C=C2C=C[C@H](C)[C@H](CCCC[C@@H](O)CC(=O)[O-])[C@H]21. The van der Waals surface area contributed by atoms with Crippen LogP contribution >= 0.6 is 0 Å². The highest BCUT2D eigenvalue weighted by Crippen LogP contribution is 2.45. The maximum absolute atomic E-state index is 12.5. The summed E-state index contributed by atoms with van der Waals surface area (Å²) in [5, 5.41) is 20.3. The monoisotopic (exact) mass is 405 g/mol. The first-order valence-corrected chi connectivity index (χ1v) is 11.2. The molecular formula is C24H37O5-. The molecule has 0 aromatic carbocycles. The van der Waals surface area contributed by atoms with Gasteiger partial charge in [0.15, 0.2) is 0 Å². The first kappa shape index (κ1) is 23.7. The van der Waals surface area contributed by atoms with Gasteiger partial charge >= 0.3 is 5.97 Å². The van der Waals surface area contributed by atoms with Crippen LogP contribution in [0.25, 0.3) is 0 Å². The molecule has 0 amide bonds. The summed E-state index contributed by atoms with van der Waals surface area (Å²) in [5.41, 5.74) is 1.28. The minimum Gasteiger partial charge on any atom is -0.550 e. The van der Waals surface area contributed by atoms with Gasteiger partial charge in [0.2, 0.25) is 0 Å². The number of hydrogen-bond acceptors (Lipinski definition) is 5. The van der Waals surface area contributed by atoms with Crippen LogP contribution in [0.5, 0.6) is 0 Å². The number of unbranched alkanes of at least 4 members (excludes halogenated alkanes) is 1. The minimum absolute atomic E-state index is 0.0834. The van der Waals surface area contributed by atoms with Crippen molar-refractivity contribution in [1.29, 1.82) is 0 Å². The number of rotatable bonds is 10. The van der Waals surface area contributed by atoms with E-state index < -0.39 is 12.1 Å². The highest BCUT2D eigenvalue weighted by Gasteiger charge is 2.41. The second-order valence-corrected chi connectivity index (χ2v) is 9.09. The molecule has 5 heteroatoms. The number of fused-ring (bicyclic) bond motifs is 1. The molecule has 0 spiro atoms. The van der Waals surface area contributed by atoms with Crippen LogP contribution in [0, 0.1) is 29.6 Å². The first-order valence-electron chi connectivity index (χ1n) is 11.2. The van der Waals surface area contributed by atoms with Crippen molar-refractivity contribution in [1.82, 2.24) is 0 Å². The lowest BCUT2D eigenvalue weighted by Crippen LogP contribution is -2.41. The van der Waals surface area contributed by atoms with Gasteiger partial charge in [0.25, 0.3) is 0 Å². The molecule has 0 aliphatic heterocycles. The predicted octanol–water partition coefficient (Wildman–Crippen LogP) is 3.41. The third-order valence-electron chi connectivity index (χ3n) is 6.60. The number of esters is 1. The standard InChI is InChI=1S/C24H38O5/c1-5-16(3)24(28)29-21-13-15(2)12-18-11-10-17(4)20(23(18)21)9-7-6-8-19(25)14-22(26)27/h10-12,15-17,19-21,23,25H,5-9,13-14H2,1-4H3,(H,26,27)/p-1/t15-,16-,17-,19+,20-,21-,23-/m0/s1. The number of carbonyl (C=O) groups excluding carboxylic acids is 2. The second kappa shape index (κ2) is 11.0. The van der Waals surface area contributed by atoms with Crippen molar-refractivity contribution in [2.45, 2.75) is 84.8 Å². The Kier molecular flexibility index (Phi) is 8.94. The maximum atomic E-state index is 12.5. The Morgan fingerprint density at radius 3 is 2.69 bits per heavy atom. The number of allylic oxidation sites excluding steroid dienone is 3. The summed E-state index contributed by atoms with van der Waals surface area (Å²) in [6.07, 6.45) is 10.3. The molecule has 0 aromatic heterocycles. The highest BCUT2D eigenvalue weighted by molar-refractivity contribution is 5.72. The smallest absolute Gasteiger partial charge is 0.308 e. The third-order valence-corrected chi connectivity index (χ3v) is 6.60. The van der Waals surface area contributed by atoms with Crippen molar-refractivity contribution >= 4 is 11.9 Å². The van der Waals surface area contributed by atoms with E-state index >= 15 is 0 Å². The van der Waals surface area contributed by atoms with Crippen molar-refractivity contribution in [3.05, 3.63) is 23.8 Å². The van der Waals surface area contributed by atoms with Crippen molar-refractivity contribution in [3.8, 4) is 0 Å². The van der Waals surface area contributed by atoms with E-state index in [4.69, 9.17) is 4.74 Å².